The molecule has 1 aromatic rings. The zero-order valence-electron chi connectivity index (χ0n) is 12.3. The third-order valence-corrected chi connectivity index (χ3v) is 3.05. The van der Waals surface area contributed by atoms with Crippen LogP contribution in [0.1, 0.15) is 12.5 Å². The molecule has 0 amide bonds. The fraction of sp³-hybridized carbons (Fsp3) is 0.500. The molecule has 0 bridgehead atoms. The molecule has 0 saturated heterocycles. The summed E-state index contributed by atoms with van der Waals surface area (Å²) in [6.45, 7) is 1.85. The number of hydrogen-bond donors (Lipinski definition) is 0. The molecule has 0 heterocycles. The Balaban J connectivity index is 3.64. The monoisotopic (exact) mass is 337 g/mol. The lowest BCUT2D eigenvalue weighted by Crippen LogP contribution is -2.28. The Hall–Kier alpha value is -2.43. The first-order chi connectivity index (χ1) is 10.6. The Kier molecular flexibility index (Phi) is 5.85. The summed E-state index contributed by atoms with van der Waals surface area (Å²) in [5.41, 5.74) is -3.84. The van der Waals surface area contributed by atoms with Gasteiger partial charge in [0.25, 0.3) is 11.4 Å². The average Bonchev–Trinajstić information content (AvgIpc) is 2.46. The third-order valence-electron chi connectivity index (χ3n) is 3.05. The number of halogens is 3. The second-order valence-corrected chi connectivity index (χ2v) is 4.45. The van der Waals surface area contributed by atoms with Gasteiger partial charge in [-0.15, -0.1) is 0 Å². The molecule has 0 N–H and O–H groups in total. The van der Waals surface area contributed by atoms with Crippen molar-refractivity contribution >= 4 is 17.1 Å². The molecule has 0 radical (unpaired) electrons. The third kappa shape index (κ3) is 4.28. The minimum atomic E-state index is -4.93. The molecular formula is C12H14F3N3O5. The summed E-state index contributed by atoms with van der Waals surface area (Å²) >= 11 is 0. The van der Waals surface area contributed by atoms with Gasteiger partial charge in [-0.3, -0.25) is 20.2 Å². The first-order valence-electron chi connectivity index (χ1n) is 6.41. The van der Waals surface area contributed by atoms with Gasteiger partial charge < -0.3 is 9.64 Å². The molecule has 8 nitrogen and oxygen atoms in total. The van der Waals surface area contributed by atoms with E-state index in [-0.39, 0.29) is 19.7 Å². The lowest BCUT2D eigenvalue weighted by atomic mass is 10.1. The number of nitro benzene ring substituents is 2. The molecule has 0 aliphatic rings. The van der Waals surface area contributed by atoms with Crippen molar-refractivity contribution in [2.75, 3.05) is 31.7 Å². The number of likely N-dealkylation sites (N-methyl/N-ethyl adjacent to an activating group) is 1. The van der Waals surface area contributed by atoms with Crippen LogP contribution in [0.5, 0.6) is 0 Å². The number of methoxy groups -OCH3 is 1. The lowest BCUT2D eigenvalue weighted by Gasteiger charge is -2.22. The molecule has 0 aliphatic carbocycles. The SMILES string of the molecule is CCN(CCOC)c1c([N+](=O)[O-])cc(C(F)(F)F)cc1[N+](=O)[O-]. The van der Waals surface area contributed by atoms with E-state index in [0.717, 1.165) is 0 Å². The molecule has 0 unspecified atom stereocenters. The van der Waals surface area contributed by atoms with Crippen LogP contribution in [0.25, 0.3) is 0 Å². The van der Waals surface area contributed by atoms with Gasteiger partial charge in [0.2, 0.25) is 0 Å². The van der Waals surface area contributed by atoms with Crippen molar-refractivity contribution in [3.63, 3.8) is 0 Å². The van der Waals surface area contributed by atoms with E-state index in [1.807, 2.05) is 0 Å². The summed E-state index contributed by atoms with van der Waals surface area (Å²) in [5.74, 6) is 0. The van der Waals surface area contributed by atoms with Crippen LogP contribution in [0.3, 0.4) is 0 Å². The molecule has 1 rings (SSSR count). The van der Waals surface area contributed by atoms with Crippen molar-refractivity contribution in [1.29, 1.82) is 0 Å². The molecule has 23 heavy (non-hydrogen) atoms. The molecule has 0 atom stereocenters. The van der Waals surface area contributed by atoms with Gasteiger partial charge in [0.05, 0.1) is 22.0 Å². The van der Waals surface area contributed by atoms with E-state index in [9.17, 15) is 33.4 Å². The maximum Gasteiger partial charge on any atom is 0.416 e. The predicted octanol–water partition coefficient (Wildman–Crippen LogP) is 2.99. The average molecular weight is 337 g/mol. The number of anilines is 1. The largest absolute Gasteiger partial charge is 0.416 e. The first kappa shape index (κ1) is 18.6. The van der Waals surface area contributed by atoms with Crippen LogP contribution in [0.15, 0.2) is 12.1 Å². The van der Waals surface area contributed by atoms with Crippen LogP contribution in [0.2, 0.25) is 0 Å². The molecule has 11 heteroatoms. The summed E-state index contributed by atoms with van der Waals surface area (Å²) < 4.78 is 43.3. The van der Waals surface area contributed by atoms with Crippen LogP contribution >= 0.6 is 0 Å². The molecule has 0 aromatic heterocycles. The maximum atomic E-state index is 12.8. The number of rotatable bonds is 7. The van der Waals surface area contributed by atoms with E-state index in [2.05, 4.69) is 0 Å². The highest BCUT2D eigenvalue weighted by molar-refractivity contribution is 5.76. The maximum absolute atomic E-state index is 12.8. The van der Waals surface area contributed by atoms with Crippen molar-refractivity contribution in [3.8, 4) is 0 Å². The van der Waals surface area contributed by atoms with Crippen molar-refractivity contribution in [3.05, 3.63) is 37.9 Å². The zero-order chi connectivity index (χ0) is 17.8. The van der Waals surface area contributed by atoms with Crippen molar-refractivity contribution < 1.29 is 27.8 Å². The van der Waals surface area contributed by atoms with E-state index in [0.29, 0.717) is 12.1 Å². The standard InChI is InChI=1S/C12H14F3N3O5/c1-3-16(4-5-23-2)11-9(17(19)20)6-8(12(13,14)15)7-10(11)18(21)22/h6-7H,3-5H2,1-2H3. The van der Waals surface area contributed by atoms with E-state index in [1.165, 1.54) is 12.0 Å². The predicted molar refractivity (Wildman–Crippen MR) is 74.5 cm³/mol. The van der Waals surface area contributed by atoms with Gasteiger partial charge in [-0.25, -0.2) is 0 Å². The molecule has 0 spiro atoms. The van der Waals surface area contributed by atoms with Crippen LogP contribution in [0.4, 0.5) is 30.2 Å². The van der Waals surface area contributed by atoms with Gasteiger partial charge in [-0.2, -0.15) is 13.2 Å². The molecule has 0 saturated carbocycles. The van der Waals surface area contributed by atoms with E-state index in [4.69, 9.17) is 4.74 Å². The summed E-state index contributed by atoms with van der Waals surface area (Å²) in [5, 5.41) is 22.3. The number of nitro groups is 2. The number of alkyl halides is 3. The molecule has 128 valence electrons. The number of benzene rings is 1. The summed E-state index contributed by atoms with van der Waals surface area (Å²) in [7, 11) is 1.36. The normalized spacial score (nSPS) is 11.3. The zero-order valence-corrected chi connectivity index (χ0v) is 12.3. The molecule has 0 fully saturated rings. The van der Waals surface area contributed by atoms with Crippen LogP contribution in [-0.4, -0.2) is 36.7 Å². The van der Waals surface area contributed by atoms with Gasteiger partial charge in [-0.1, -0.05) is 0 Å². The fourth-order valence-electron chi connectivity index (χ4n) is 2.00. The van der Waals surface area contributed by atoms with E-state index < -0.39 is 38.6 Å². The van der Waals surface area contributed by atoms with E-state index >= 15 is 0 Å². The highest BCUT2D eigenvalue weighted by Gasteiger charge is 2.38. The Bertz CT molecular complexity index is 571. The van der Waals surface area contributed by atoms with Gasteiger partial charge in [-0.05, 0) is 6.92 Å². The molecule has 0 aliphatic heterocycles. The van der Waals surface area contributed by atoms with Crippen molar-refractivity contribution in [1.82, 2.24) is 0 Å². The topological polar surface area (TPSA) is 98.8 Å². The Morgan fingerprint density at radius 1 is 1.17 bits per heavy atom. The lowest BCUT2D eigenvalue weighted by molar-refractivity contribution is -0.393. The Labute approximate surface area is 128 Å². The highest BCUT2D eigenvalue weighted by atomic mass is 19.4. The number of ether oxygens (including phenoxy) is 1. The second-order valence-electron chi connectivity index (χ2n) is 4.45. The van der Waals surface area contributed by atoms with E-state index in [1.54, 1.807) is 6.92 Å². The minimum absolute atomic E-state index is 0.0556. The van der Waals surface area contributed by atoms with Crippen molar-refractivity contribution in [2.24, 2.45) is 0 Å². The Morgan fingerprint density at radius 3 is 1.96 bits per heavy atom. The number of hydrogen-bond acceptors (Lipinski definition) is 6. The molecular weight excluding hydrogens is 323 g/mol. The van der Waals surface area contributed by atoms with Crippen LogP contribution in [-0.2, 0) is 10.9 Å². The number of nitrogens with zero attached hydrogens (tertiary/aromatic N) is 3. The first-order valence-corrected chi connectivity index (χ1v) is 6.41. The summed E-state index contributed by atoms with van der Waals surface area (Å²) in [6, 6.07) is 0.607. The van der Waals surface area contributed by atoms with Crippen molar-refractivity contribution in [2.45, 2.75) is 13.1 Å². The highest BCUT2D eigenvalue weighted by Crippen LogP contribution is 2.42. The van der Waals surface area contributed by atoms with Gasteiger partial charge in [0.15, 0.2) is 5.69 Å². The van der Waals surface area contributed by atoms with Gasteiger partial charge in [0, 0.05) is 32.3 Å². The smallest absolute Gasteiger partial charge is 0.383 e. The van der Waals surface area contributed by atoms with Gasteiger partial charge >= 0.3 is 6.18 Å². The summed E-state index contributed by atoms with van der Waals surface area (Å²) in [6.07, 6.45) is -4.93. The quantitative estimate of drug-likeness (QED) is 0.560. The summed E-state index contributed by atoms with van der Waals surface area (Å²) in [4.78, 5) is 21.4. The molecule has 1 aromatic carbocycles. The fourth-order valence-corrected chi connectivity index (χ4v) is 2.00. The van der Waals surface area contributed by atoms with Crippen LogP contribution in [0, 0.1) is 20.2 Å². The minimum Gasteiger partial charge on any atom is -0.383 e. The Morgan fingerprint density at radius 2 is 1.65 bits per heavy atom. The van der Waals surface area contributed by atoms with Gasteiger partial charge in [0.1, 0.15) is 0 Å². The second kappa shape index (κ2) is 7.22. The van der Waals surface area contributed by atoms with Crippen LogP contribution < -0.4 is 4.90 Å².